The maximum absolute atomic E-state index is 9.02. The highest BCUT2D eigenvalue weighted by Gasteiger charge is 2.04. The van der Waals surface area contributed by atoms with E-state index < -0.39 is 0 Å². The smallest absolute Gasteiger partial charge is 0.186 e. The number of benzene rings is 2. The Bertz CT molecular complexity index is 630. The summed E-state index contributed by atoms with van der Waals surface area (Å²) in [5, 5.41) is 12.7. The van der Waals surface area contributed by atoms with E-state index in [1.54, 1.807) is 0 Å². The van der Waals surface area contributed by atoms with E-state index in [9.17, 15) is 0 Å². The third-order valence-corrected chi connectivity index (χ3v) is 2.64. The third-order valence-electron chi connectivity index (χ3n) is 2.64. The van der Waals surface area contributed by atoms with Crippen LogP contribution in [0.15, 0.2) is 59.8 Å². The van der Waals surface area contributed by atoms with Gasteiger partial charge in [-0.25, -0.2) is 0 Å². The van der Waals surface area contributed by atoms with Crippen LogP contribution < -0.4 is 4.74 Å². The van der Waals surface area contributed by atoms with Gasteiger partial charge in [-0.3, -0.25) is 0 Å². The summed E-state index contributed by atoms with van der Waals surface area (Å²) in [5.74, 6) is 0.809. The molecule has 20 heavy (non-hydrogen) atoms. The third kappa shape index (κ3) is 3.59. The fourth-order valence-corrected chi connectivity index (χ4v) is 1.72. The molecule has 2 aromatic carbocycles. The van der Waals surface area contributed by atoms with E-state index in [0.29, 0.717) is 12.2 Å². The molecule has 0 aliphatic carbocycles. The first-order valence-electron chi connectivity index (χ1n) is 6.12. The van der Waals surface area contributed by atoms with Crippen LogP contribution in [0.1, 0.15) is 11.1 Å². The van der Waals surface area contributed by atoms with Crippen LogP contribution in [-0.4, -0.2) is 12.8 Å². The van der Waals surface area contributed by atoms with Gasteiger partial charge in [-0.15, -0.1) is 0 Å². The SMILES string of the molecule is CO/N=C(/C#N)c1cccc(COc2ccccc2)c1. The average Bonchev–Trinajstić information content (AvgIpc) is 2.52. The Morgan fingerprint density at radius 3 is 2.65 bits per heavy atom. The number of hydrogen-bond donors (Lipinski definition) is 0. The number of hydrogen-bond acceptors (Lipinski definition) is 4. The molecule has 0 atom stereocenters. The predicted molar refractivity (Wildman–Crippen MR) is 76.4 cm³/mol. The highest BCUT2D eigenvalue weighted by Crippen LogP contribution is 2.13. The van der Waals surface area contributed by atoms with Crippen molar-refractivity contribution in [1.82, 2.24) is 0 Å². The first-order chi connectivity index (χ1) is 9.83. The molecule has 0 aliphatic heterocycles. The second kappa shape index (κ2) is 6.95. The van der Waals surface area contributed by atoms with Crippen molar-refractivity contribution in [3.05, 3.63) is 65.7 Å². The molecule has 0 spiro atoms. The zero-order valence-corrected chi connectivity index (χ0v) is 11.1. The lowest BCUT2D eigenvalue weighted by Gasteiger charge is -2.07. The minimum absolute atomic E-state index is 0.245. The predicted octanol–water partition coefficient (Wildman–Crippen LogP) is 3.14. The van der Waals surface area contributed by atoms with E-state index >= 15 is 0 Å². The summed E-state index contributed by atoms with van der Waals surface area (Å²) in [7, 11) is 1.42. The van der Waals surface area contributed by atoms with Gasteiger partial charge in [-0.1, -0.05) is 41.6 Å². The van der Waals surface area contributed by atoms with Gasteiger partial charge in [0.05, 0.1) is 0 Å². The van der Waals surface area contributed by atoms with Crippen molar-refractivity contribution in [1.29, 1.82) is 5.26 Å². The molecule has 0 amide bonds. The number of nitriles is 1. The first kappa shape index (κ1) is 13.6. The van der Waals surface area contributed by atoms with Crippen molar-refractivity contribution in [2.24, 2.45) is 5.16 Å². The van der Waals surface area contributed by atoms with Crippen LogP contribution in [0.5, 0.6) is 5.75 Å². The van der Waals surface area contributed by atoms with Crippen LogP contribution in [0.4, 0.5) is 0 Å². The molecule has 100 valence electrons. The van der Waals surface area contributed by atoms with Gasteiger partial charge in [-0.05, 0) is 23.8 Å². The van der Waals surface area contributed by atoms with Crippen LogP contribution in [0, 0.1) is 11.3 Å². The lowest BCUT2D eigenvalue weighted by molar-refractivity contribution is 0.214. The number of para-hydroxylation sites is 1. The Kier molecular flexibility index (Phi) is 4.74. The lowest BCUT2D eigenvalue weighted by Crippen LogP contribution is -2.01. The quantitative estimate of drug-likeness (QED) is 0.617. The molecule has 0 heterocycles. The standard InChI is InChI=1S/C16H14N2O2/c1-19-18-16(11-17)14-7-5-6-13(10-14)12-20-15-8-3-2-4-9-15/h2-10H,12H2,1H3/b18-16-. The van der Waals surface area contributed by atoms with Crippen molar-refractivity contribution in [2.75, 3.05) is 7.11 Å². The topological polar surface area (TPSA) is 54.6 Å². The van der Waals surface area contributed by atoms with Crippen molar-refractivity contribution >= 4 is 5.71 Å². The van der Waals surface area contributed by atoms with Gasteiger partial charge >= 0.3 is 0 Å². The first-order valence-corrected chi connectivity index (χ1v) is 6.12. The highest BCUT2D eigenvalue weighted by atomic mass is 16.6. The molecule has 0 saturated heterocycles. The molecular formula is C16H14N2O2. The van der Waals surface area contributed by atoms with Gasteiger partial charge < -0.3 is 9.57 Å². The van der Waals surface area contributed by atoms with Crippen molar-refractivity contribution in [3.63, 3.8) is 0 Å². The van der Waals surface area contributed by atoms with Crippen molar-refractivity contribution < 1.29 is 9.57 Å². The molecule has 2 rings (SSSR count). The van der Waals surface area contributed by atoms with Crippen LogP contribution in [0.3, 0.4) is 0 Å². The average molecular weight is 266 g/mol. The molecule has 0 unspecified atom stereocenters. The van der Waals surface area contributed by atoms with Gasteiger partial charge in [0.2, 0.25) is 0 Å². The summed E-state index contributed by atoms with van der Waals surface area (Å²) in [6.45, 7) is 0.434. The molecule has 0 saturated carbocycles. The summed E-state index contributed by atoms with van der Waals surface area (Å²) in [6.07, 6.45) is 0. The van der Waals surface area contributed by atoms with E-state index in [2.05, 4.69) is 9.99 Å². The fraction of sp³-hybridized carbons (Fsp3) is 0.125. The zero-order valence-electron chi connectivity index (χ0n) is 11.1. The maximum atomic E-state index is 9.02. The molecule has 0 aromatic heterocycles. The Labute approximate surface area is 117 Å². The molecule has 4 nitrogen and oxygen atoms in total. The fourth-order valence-electron chi connectivity index (χ4n) is 1.72. The zero-order chi connectivity index (χ0) is 14.2. The number of oxime groups is 1. The molecule has 0 fully saturated rings. The van der Waals surface area contributed by atoms with Crippen molar-refractivity contribution in [2.45, 2.75) is 6.61 Å². The summed E-state index contributed by atoms with van der Waals surface area (Å²) in [6, 6.07) is 19.1. The second-order valence-corrected chi connectivity index (χ2v) is 4.04. The molecule has 4 heteroatoms. The number of rotatable bonds is 5. The summed E-state index contributed by atoms with van der Waals surface area (Å²) < 4.78 is 5.67. The minimum Gasteiger partial charge on any atom is -0.489 e. The Morgan fingerprint density at radius 2 is 1.95 bits per heavy atom. The van der Waals surface area contributed by atoms with Crippen LogP contribution in [-0.2, 0) is 11.4 Å². The summed E-state index contributed by atoms with van der Waals surface area (Å²) in [5.41, 5.74) is 1.92. The lowest BCUT2D eigenvalue weighted by atomic mass is 10.1. The summed E-state index contributed by atoms with van der Waals surface area (Å²) in [4.78, 5) is 4.65. The highest BCUT2D eigenvalue weighted by molar-refractivity contribution is 6.11. The van der Waals surface area contributed by atoms with Gasteiger partial charge in [0.1, 0.15) is 25.5 Å². The van der Waals surface area contributed by atoms with Crippen LogP contribution >= 0.6 is 0 Å². The monoisotopic (exact) mass is 266 g/mol. The Balaban J connectivity index is 2.11. The van der Waals surface area contributed by atoms with E-state index in [4.69, 9.17) is 10.00 Å². The molecule has 0 aliphatic rings. The van der Waals surface area contributed by atoms with Gasteiger partial charge in [0, 0.05) is 5.56 Å². The van der Waals surface area contributed by atoms with E-state index in [1.807, 2.05) is 60.7 Å². The van der Waals surface area contributed by atoms with Crippen LogP contribution in [0.2, 0.25) is 0 Å². The van der Waals surface area contributed by atoms with E-state index in [-0.39, 0.29) is 5.71 Å². The van der Waals surface area contributed by atoms with Gasteiger partial charge in [0.25, 0.3) is 0 Å². The normalized spacial score (nSPS) is 10.7. The Hall–Kier alpha value is -2.80. The van der Waals surface area contributed by atoms with Gasteiger partial charge in [0.15, 0.2) is 5.71 Å². The largest absolute Gasteiger partial charge is 0.489 e. The molecule has 2 aromatic rings. The van der Waals surface area contributed by atoms with E-state index in [1.165, 1.54) is 7.11 Å². The Morgan fingerprint density at radius 1 is 1.15 bits per heavy atom. The van der Waals surface area contributed by atoms with Gasteiger partial charge in [-0.2, -0.15) is 5.26 Å². The van der Waals surface area contributed by atoms with Crippen molar-refractivity contribution in [3.8, 4) is 11.8 Å². The summed E-state index contributed by atoms with van der Waals surface area (Å²) >= 11 is 0. The van der Waals surface area contributed by atoms with Crippen LogP contribution in [0.25, 0.3) is 0 Å². The van der Waals surface area contributed by atoms with E-state index in [0.717, 1.165) is 11.3 Å². The number of nitrogens with zero attached hydrogens (tertiary/aromatic N) is 2. The molecule has 0 bridgehead atoms. The minimum atomic E-state index is 0.245. The molecular weight excluding hydrogens is 252 g/mol. The number of ether oxygens (including phenoxy) is 1. The second-order valence-electron chi connectivity index (χ2n) is 4.04. The molecule has 0 radical (unpaired) electrons. The molecule has 0 N–H and O–H groups in total. The maximum Gasteiger partial charge on any atom is 0.186 e.